The maximum Gasteiger partial charge on any atom is 0.310 e. The normalized spacial score (nSPS) is 10.2. The van der Waals surface area contributed by atoms with Crippen LogP contribution in [0.15, 0.2) is 36.5 Å². The van der Waals surface area contributed by atoms with E-state index in [1.807, 2.05) is 30.3 Å². The van der Waals surface area contributed by atoms with Gasteiger partial charge in [0.25, 0.3) is 0 Å². The summed E-state index contributed by atoms with van der Waals surface area (Å²) in [5, 5.41) is 6.89. The first-order chi connectivity index (χ1) is 8.31. The van der Waals surface area contributed by atoms with Gasteiger partial charge in [0.1, 0.15) is 0 Å². The molecule has 0 aliphatic rings. The van der Waals surface area contributed by atoms with Gasteiger partial charge in [-0.15, -0.1) is 0 Å². The lowest BCUT2D eigenvalue weighted by molar-refractivity contribution is -0.142. The summed E-state index contributed by atoms with van der Waals surface area (Å²) >= 11 is 0. The Labute approximate surface area is 99.6 Å². The highest BCUT2D eigenvalue weighted by molar-refractivity contribution is 5.76. The van der Waals surface area contributed by atoms with Crippen molar-refractivity contribution in [2.45, 2.75) is 13.3 Å². The molecule has 4 nitrogen and oxygen atoms in total. The van der Waals surface area contributed by atoms with Crippen LogP contribution in [0.2, 0.25) is 0 Å². The van der Waals surface area contributed by atoms with Crippen LogP contribution in [0.25, 0.3) is 11.3 Å². The molecule has 1 heterocycles. The third-order valence-corrected chi connectivity index (χ3v) is 2.42. The zero-order valence-electron chi connectivity index (χ0n) is 9.64. The molecule has 88 valence electrons. The molecule has 1 N–H and O–H groups in total. The van der Waals surface area contributed by atoms with Crippen LogP contribution in [0.5, 0.6) is 0 Å². The smallest absolute Gasteiger partial charge is 0.310 e. The average molecular weight is 230 g/mol. The van der Waals surface area contributed by atoms with E-state index >= 15 is 0 Å². The molecule has 4 heteroatoms. The SMILES string of the molecule is CCOC(=O)Cc1cn[nH]c1-c1ccccc1. The largest absolute Gasteiger partial charge is 0.466 e. The van der Waals surface area contributed by atoms with Crippen molar-refractivity contribution in [3.8, 4) is 11.3 Å². The Kier molecular flexibility index (Phi) is 3.55. The van der Waals surface area contributed by atoms with Gasteiger partial charge >= 0.3 is 5.97 Å². The molecule has 0 amide bonds. The lowest BCUT2D eigenvalue weighted by Crippen LogP contribution is -2.07. The minimum absolute atomic E-state index is 0.230. The number of aromatic amines is 1. The third kappa shape index (κ3) is 2.72. The second-order valence-corrected chi connectivity index (χ2v) is 3.62. The van der Waals surface area contributed by atoms with E-state index in [-0.39, 0.29) is 12.4 Å². The minimum Gasteiger partial charge on any atom is -0.466 e. The number of hydrogen-bond acceptors (Lipinski definition) is 3. The van der Waals surface area contributed by atoms with E-state index in [1.54, 1.807) is 13.1 Å². The van der Waals surface area contributed by atoms with E-state index in [4.69, 9.17) is 4.74 Å². The van der Waals surface area contributed by atoms with Gasteiger partial charge in [-0.25, -0.2) is 0 Å². The number of ether oxygens (including phenoxy) is 1. The number of esters is 1. The van der Waals surface area contributed by atoms with Crippen molar-refractivity contribution in [1.82, 2.24) is 10.2 Å². The maximum absolute atomic E-state index is 11.4. The lowest BCUT2D eigenvalue weighted by Gasteiger charge is -2.03. The predicted octanol–water partition coefficient (Wildman–Crippen LogP) is 2.18. The van der Waals surface area contributed by atoms with Gasteiger partial charge in [-0.1, -0.05) is 30.3 Å². The van der Waals surface area contributed by atoms with Crippen LogP contribution < -0.4 is 0 Å². The van der Waals surface area contributed by atoms with Crippen molar-refractivity contribution in [2.75, 3.05) is 6.61 Å². The van der Waals surface area contributed by atoms with Crippen LogP contribution >= 0.6 is 0 Å². The van der Waals surface area contributed by atoms with Crippen molar-refractivity contribution in [3.63, 3.8) is 0 Å². The number of nitrogens with one attached hydrogen (secondary N) is 1. The summed E-state index contributed by atoms with van der Waals surface area (Å²) in [5.41, 5.74) is 2.75. The highest BCUT2D eigenvalue weighted by atomic mass is 16.5. The molecule has 0 saturated carbocycles. The summed E-state index contributed by atoms with van der Waals surface area (Å²) in [6.45, 7) is 2.20. The number of carbonyl (C=O) groups is 1. The van der Waals surface area contributed by atoms with Crippen LogP contribution in [0.1, 0.15) is 12.5 Å². The van der Waals surface area contributed by atoms with Gasteiger partial charge in [0.2, 0.25) is 0 Å². The molecule has 0 spiro atoms. The zero-order valence-corrected chi connectivity index (χ0v) is 9.64. The third-order valence-electron chi connectivity index (χ3n) is 2.42. The van der Waals surface area contributed by atoms with E-state index in [0.717, 1.165) is 16.8 Å². The zero-order chi connectivity index (χ0) is 12.1. The summed E-state index contributed by atoms with van der Waals surface area (Å²) in [4.78, 5) is 11.4. The molecule has 2 aromatic rings. The van der Waals surface area contributed by atoms with Crippen molar-refractivity contribution >= 4 is 5.97 Å². The molecule has 0 unspecified atom stereocenters. The van der Waals surface area contributed by atoms with E-state index < -0.39 is 0 Å². The number of hydrogen-bond donors (Lipinski definition) is 1. The molecular formula is C13H14N2O2. The molecule has 0 aliphatic carbocycles. The van der Waals surface area contributed by atoms with Crippen molar-refractivity contribution in [1.29, 1.82) is 0 Å². The molecule has 0 saturated heterocycles. The van der Waals surface area contributed by atoms with E-state index in [2.05, 4.69) is 10.2 Å². The molecule has 1 aromatic heterocycles. The van der Waals surface area contributed by atoms with Gasteiger partial charge in [0.15, 0.2) is 0 Å². The fourth-order valence-corrected chi connectivity index (χ4v) is 1.67. The standard InChI is InChI=1S/C13H14N2O2/c1-2-17-12(16)8-11-9-14-15-13(11)10-6-4-3-5-7-10/h3-7,9H,2,8H2,1H3,(H,14,15). The summed E-state index contributed by atoms with van der Waals surface area (Å²) in [7, 11) is 0. The Morgan fingerprint density at radius 3 is 2.82 bits per heavy atom. The number of rotatable bonds is 4. The molecule has 0 atom stereocenters. The average Bonchev–Trinajstić information content (AvgIpc) is 2.78. The first-order valence-corrected chi connectivity index (χ1v) is 5.54. The van der Waals surface area contributed by atoms with Gasteiger partial charge in [0, 0.05) is 5.56 Å². The minimum atomic E-state index is -0.230. The fourth-order valence-electron chi connectivity index (χ4n) is 1.67. The summed E-state index contributed by atoms with van der Waals surface area (Å²) < 4.78 is 4.93. The Morgan fingerprint density at radius 1 is 1.35 bits per heavy atom. The second kappa shape index (κ2) is 5.30. The number of carbonyl (C=O) groups excluding carboxylic acids is 1. The van der Waals surface area contributed by atoms with Crippen molar-refractivity contribution < 1.29 is 9.53 Å². The van der Waals surface area contributed by atoms with Crippen LogP contribution in [0.3, 0.4) is 0 Å². The molecule has 0 bridgehead atoms. The van der Waals surface area contributed by atoms with Crippen molar-refractivity contribution in [2.24, 2.45) is 0 Å². The molecule has 0 radical (unpaired) electrons. The molecule has 1 aromatic carbocycles. The highest BCUT2D eigenvalue weighted by Crippen LogP contribution is 2.21. The number of nitrogens with zero attached hydrogens (tertiary/aromatic N) is 1. The van der Waals surface area contributed by atoms with Crippen LogP contribution in [-0.4, -0.2) is 22.8 Å². The van der Waals surface area contributed by atoms with Gasteiger partial charge in [-0.05, 0) is 12.5 Å². The van der Waals surface area contributed by atoms with Crippen LogP contribution in [0.4, 0.5) is 0 Å². The first-order valence-electron chi connectivity index (χ1n) is 5.54. The number of H-pyrrole nitrogens is 1. The van der Waals surface area contributed by atoms with Gasteiger partial charge in [-0.2, -0.15) is 5.10 Å². The second-order valence-electron chi connectivity index (χ2n) is 3.62. The summed E-state index contributed by atoms with van der Waals surface area (Å²) in [6, 6.07) is 9.80. The Bertz CT molecular complexity index is 491. The van der Waals surface area contributed by atoms with E-state index in [9.17, 15) is 4.79 Å². The Balaban J connectivity index is 2.20. The Morgan fingerprint density at radius 2 is 2.12 bits per heavy atom. The summed E-state index contributed by atoms with van der Waals surface area (Å²) in [5.74, 6) is -0.230. The number of aromatic nitrogens is 2. The van der Waals surface area contributed by atoms with Crippen LogP contribution in [-0.2, 0) is 16.0 Å². The predicted molar refractivity (Wildman–Crippen MR) is 64.4 cm³/mol. The van der Waals surface area contributed by atoms with Crippen LogP contribution in [0, 0.1) is 0 Å². The first kappa shape index (κ1) is 11.4. The summed E-state index contributed by atoms with van der Waals surface area (Å²) in [6.07, 6.45) is 1.91. The topological polar surface area (TPSA) is 55.0 Å². The highest BCUT2D eigenvalue weighted by Gasteiger charge is 2.11. The van der Waals surface area contributed by atoms with E-state index in [1.165, 1.54) is 0 Å². The molecular weight excluding hydrogens is 216 g/mol. The van der Waals surface area contributed by atoms with Gasteiger partial charge < -0.3 is 4.74 Å². The molecule has 0 aliphatic heterocycles. The monoisotopic (exact) mass is 230 g/mol. The van der Waals surface area contributed by atoms with Gasteiger partial charge in [-0.3, -0.25) is 9.89 Å². The Hall–Kier alpha value is -2.10. The molecule has 17 heavy (non-hydrogen) atoms. The molecule has 0 fully saturated rings. The lowest BCUT2D eigenvalue weighted by atomic mass is 10.1. The fraction of sp³-hybridized carbons (Fsp3) is 0.231. The van der Waals surface area contributed by atoms with Crippen molar-refractivity contribution in [3.05, 3.63) is 42.1 Å². The number of benzene rings is 1. The van der Waals surface area contributed by atoms with E-state index in [0.29, 0.717) is 6.61 Å². The molecule has 2 rings (SSSR count). The maximum atomic E-state index is 11.4. The quantitative estimate of drug-likeness (QED) is 0.819. The van der Waals surface area contributed by atoms with Gasteiger partial charge in [0.05, 0.1) is 24.9 Å².